The van der Waals surface area contributed by atoms with Crippen molar-refractivity contribution in [2.24, 2.45) is 5.92 Å². The van der Waals surface area contributed by atoms with Crippen LogP contribution < -0.4 is 16.0 Å². The Morgan fingerprint density at radius 2 is 1.91 bits per heavy atom. The number of carbonyl (C=O) groups is 2. The van der Waals surface area contributed by atoms with Crippen molar-refractivity contribution in [3.05, 3.63) is 35.6 Å². The summed E-state index contributed by atoms with van der Waals surface area (Å²) in [7, 11) is 0. The molecule has 0 radical (unpaired) electrons. The zero-order chi connectivity index (χ0) is 16.7. The number of halogens is 1. The predicted octanol–water partition coefficient (Wildman–Crippen LogP) is 2.49. The number of hydrogen-bond acceptors (Lipinski definition) is 2. The topological polar surface area (TPSA) is 70.2 Å². The molecule has 0 aliphatic heterocycles. The molecule has 0 bridgehead atoms. The maximum atomic E-state index is 14.1. The molecule has 0 saturated heterocycles. The third kappa shape index (κ3) is 4.94. The average molecular weight is 321 g/mol. The largest absolute Gasteiger partial charge is 0.355 e. The third-order valence-electron chi connectivity index (χ3n) is 4.18. The maximum Gasteiger partial charge on any atom is 0.315 e. The maximum absolute atomic E-state index is 14.1. The summed E-state index contributed by atoms with van der Waals surface area (Å²) in [6, 6.07) is 5.71. The van der Waals surface area contributed by atoms with Crippen LogP contribution in [-0.4, -0.2) is 25.0 Å². The van der Waals surface area contributed by atoms with Crippen molar-refractivity contribution in [2.75, 3.05) is 13.1 Å². The van der Waals surface area contributed by atoms with E-state index in [1.807, 2.05) is 6.92 Å². The number of rotatable bonds is 6. The Kier molecular flexibility index (Phi) is 6.38. The molecule has 6 heteroatoms. The molecule has 1 unspecified atom stereocenters. The lowest BCUT2D eigenvalue weighted by molar-refractivity contribution is -0.119. The molecule has 3 N–H and O–H groups in total. The van der Waals surface area contributed by atoms with Gasteiger partial charge in [0.1, 0.15) is 5.82 Å². The Balaban J connectivity index is 2.02. The molecule has 5 nitrogen and oxygen atoms in total. The van der Waals surface area contributed by atoms with Gasteiger partial charge in [-0.25, -0.2) is 9.18 Å². The lowest BCUT2D eigenvalue weighted by Gasteiger charge is -2.25. The van der Waals surface area contributed by atoms with E-state index in [1.54, 1.807) is 18.2 Å². The lowest BCUT2D eigenvalue weighted by atomic mass is 9.91. The molecule has 2 rings (SSSR count). The van der Waals surface area contributed by atoms with Crippen LogP contribution in [0.1, 0.15) is 44.2 Å². The van der Waals surface area contributed by atoms with Crippen molar-refractivity contribution in [2.45, 2.75) is 38.6 Å². The van der Waals surface area contributed by atoms with E-state index in [2.05, 4.69) is 16.0 Å². The van der Waals surface area contributed by atoms with Crippen LogP contribution in [0.4, 0.5) is 9.18 Å². The van der Waals surface area contributed by atoms with Crippen molar-refractivity contribution in [1.29, 1.82) is 0 Å². The monoisotopic (exact) mass is 321 g/mol. The number of urea groups is 1. The van der Waals surface area contributed by atoms with Crippen LogP contribution >= 0.6 is 0 Å². The van der Waals surface area contributed by atoms with Gasteiger partial charge >= 0.3 is 6.03 Å². The van der Waals surface area contributed by atoms with E-state index in [0.29, 0.717) is 12.1 Å². The molecule has 1 atom stereocenters. The molecular weight excluding hydrogens is 297 g/mol. The fraction of sp³-hybridized carbons (Fsp3) is 0.529. The smallest absolute Gasteiger partial charge is 0.315 e. The summed E-state index contributed by atoms with van der Waals surface area (Å²) >= 11 is 0. The minimum absolute atomic E-state index is 0.0890. The first-order chi connectivity index (χ1) is 11.1. The van der Waals surface area contributed by atoms with Crippen molar-refractivity contribution >= 4 is 11.9 Å². The molecule has 0 aromatic heterocycles. The Labute approximate surface area is 136 Å². The highest BCUT2D eigenvalue weighted by Crippen LogP contribution is 2.36. The fourth-order valence-corrected chi connectivity index (χ4v) is 3.08. The highest BCUT2D eigenvalue weighted by atomic mass is 19.1. The molecule has 1 aliphatic carbocycles. The van der Waals surface area contributed by atoms with Gasteiger partial charge in [0, 0.05) is 12.1 Å². The number of amides is 3. The molecule has 0 spiro atoms. The first-order valence-corrected chi connectivity index (χ1v) is 8.17. The van der Waals surface area contributed by atoms with E-state index < -0.39 is 6.03 Å². The van der Waals surface area contributed by atoms with Gasteiger partial charge in [-0.1, -0.05) is 31.0 Å². The predicted molar refractivity (Wildman–Crippen MR) is 86.3 cm³/mol. The van der Waals surface area contributed by atoms with Crippen LogP contribution in [0.25, 0.3) is 0 Å². The molecule has 1 aromatic rings. The highest BCUT2D eigenvalue weighted by molar-refractivity contribution is 5.84. The van der Waals surface area contributed by atoms with E-state index in [1.165, 1.54) is 6.07 Å². The number of likely N-dealkylation sites (N-methyl/N-ethyl adjacent to an activating group) is 1. The van der Waals surface area contributed by atoms with E-state index in [-0.39, 0.29) is 30.2 Å². The van der Waals surface area contributed by atoms with Gasteiger partial charge in [-0.3, -0.25) is 4.79 Å². The van der Waals surface area contributed by atoms with Crippen molar-refractivity contribution in [3.63, 3.8) is 0 Å². The van der Waals surface area contributed by atoms with Crippen LogP contribution in [-0.2, 0) is 4.79 Å². The van der Waals surface area contributed by atoms with Gasteiger partial charge in [0.05, 0.1) is 12.6 Å². The SMILES string of the molecule is CCNC(=O)CNC(=O)NC(c1ccccc1F)C1CCCC1. The van der Waals surface area contributed by atoms with Crippen LogP contribution in [0, 0.1) is 11.7 Å². The summed E-state index contributed by atoms with van der Waals surface area (Å²) in [5.74, 6) is -0.332. The van der Waals surface area contributed by atoms with Gasteiger partial charge in [0.25, 0.3) is 0 Å². The minimum atomic E-state index is -0.448. The highest BCUT2D eigenvalue weighted by Gasteiger charge is 2.29. The van der Waals surface area contributed by atoms with Crippen LogP contribution in [0.5, 0.6) is 0 Å². The Bertz CT molecular complexity index is 544. The zero-order valence-corrected chi connectivity index (χ0v) is 13.4. The molecule has 3 amide bonds. The molecule has 126 valence electrons. The number of hydrogen-bond donors (Lipinski definition) is 3. The van der Waals surface area contributed by atoms with Gasteiger partial charge in [0.15, 0.2) is 0 Å². The molecule has 1 fully saturated rings. The van der Waals surface area contributed by atoms with E-state index in [9.17, 15) is 14.0 Å². The first kappa shape index (κ1) is 17.2. The van der Waals surface area contributed by atoms with Gasteiger partial charge in [-0.15, -0.1) is 0 Å². The van der Waals surface area contributed by atoms with E-state index in [0.717, 1.165) is 25.7 Å². The molecule has 1 aromatic carbocycles. The van der Waals surface area contributed by atoms with Gasteiger partial charge in [-0.2, -0.15) is 0 Å². The quantitative estimate of drug-likeness (QED) is 0.753. The number of nitrogens with one attached hydrogen (secondary N) is 3. The number of benzene rings is 1. The molecule has 1 aliphatic rings. The van der Waals surface area contributed by atoms with Crippen molar-refractivity contribution in [1.82, 2.24) is 16.0 Å². The molecular formula is C17H24FN3O2. The fourth-order valence-electron chi connectivity index (χ4n) is 3.08. The summed E-state index contributed by atoms with van der Waals surface area (Å²) < 4.78 is 14.1. The van der Waals surface area contributed by atoms with E-state index in [4.69, 9.17) is 0 Å². The standard InChI is InChI=1S/C17H24FN3O2/c1-2-19-15(22)11-20-17(23)21-16(12-7-3-4-8-12)13-9-5-6-10-14(13)18/h5-6,9-10,12,16H,2-4,7-8,11H2,1H3,(H,19,22)(H2,20,21,23). The van der Waals surface area contributed by atoms with Gasteiger partial charge < -0.3 is 16.0 Å². The van der Waals surface area contributed by atoms with E-state index >= 15 is 0 Å². The normalized spacial score (nSPS) is 15.9. The molecule has 1 saturated carbocycles. The molecule has 23 heavy (non-hydrogen) atoms. The second-order valence-corrected chi connectivity index (χ2v) is 5.82. The van der Waals surface area contributed by atoms with Crippen molar-refractivity contribution in [3.8, 4) is 0 Å². The van der Waals surface area contributed by atoms with Crippen LogP contribution in [0.3, 0.4) is 0 Å². The zero-order valence-electron chi connectivity index (χ0n) is 13.4. The minimum Gasteiger partial charge on any atom is -0.355 e. The second-order valence-electron chi connectivity index (χ2n) is 5.82. The summed E-state index contributed by atoms with van der Waals surface area (Å²) in [6.45, 7) is 2.24. The Morgan fingerprint density at radius 1 is 1.22 bits per heavy atom. The molecule has 0 heterocycles. The summed E-state index contributed by atoms with van der Waals surface area (Å²) in [5.41, 5.74) is 0.507. The van der Waals surface area contributed by atoms with Crippen molar-refractivity contribution < 1.29 is 14.0 Å². The summed E-state index contributed by atoms with van der Waals surface area (Å²) in [5, 5.41) is 7.98. The number of carbonyl (C=O) groups excluding carboxylic acids is 2. The summed E-state index contributed by atoms with van der Waals surface area (Å²) in [6.07, 6.45) is 4.13. The van der Waals surface area contributed by atoms with Gasteiger partial charge in [0.2, 0.25) is 5.91 Å². The Hall–Kier alpha value is -2.11. The third-order valence-corrected chi connectivity index (χ3v) is 4.18. The first-order valence-electron chi connectivity index (χ1n) is 8.17. The van der Waals surface area contributed by atoms with Crippen LogP contribution in [0.15, 0.2) is 24.3 Å². The average Bonchev–Trinajstić information content (AvgIpc) is 3.06. The lowest BCUT2D eigenvalue weighted by Crippen LogP contribution is -2.44. The van der Waals surface area contributed by atoms with Gasteiger partial charge in [-0.05, 0) is 31.7 Å². The Morgan fingerprint density at radius 3 is 2.57 bits per heavy atom. The van der Waals surface area contributed by atoms with Crippen LogP contribution in [0.2, 0.25) is 0 Å². The summed E-state index contributed by atoms with van der Waals surface area (Å²) in [4.78, 5) is 23.5. The second kappa shape index (κ2) is 8.50.